The van der Waals surface area contributed by atoms with Crippen LogP contribution in [0.25, 0.3) is 5.69 Å². The Labute approximate surface area is 312 Å². The van der Waals surface area contributed by atoms with Gasteiger partial charge in [0.15, 0.2) is 0 Å². The number of anilines is 1. The molecule has 6 rings (SSSR count). The SMILES string of the molecule is CC(C)(C)c1cccc(CN2CCCCC2)c1.CN1CCN(c2ccccc2CC(C)(C)C)CC1.Cc1nccn1-c1ccc(C(C)(C)C)cc1. The molecule has 0 atom stereocenters. The molecular formula is C46H69N5. The van der Waals surface area contributed by atoms with Gasteiger partial charge in [-0.3, -0.25) is 4.90 Å². The van der Waals surface area contributed by atoms with Crippen LogP contribution in [0.4, 0.5) is 5.69 Å². The van der Waals surface area contributed by atoms with Gasteiger partial charge in [-0.05, 0) is 103 Å². The van der Waals surface area contributed by atoms with Crippen LogP contribution in [0.15, 0.2) is 85.2 Å². The van der Waals surface area contributed by atoms with Crippen molar-refractivity contribution in [3.63, 3.8) is 0 Å². The first-order valence-corrected chi connectivity index (χ1v) is 19.4. The maximum atomic E-state index is 4.23. The number of nitrogens with zero attached hydrogens (tertiary/aromatic N) is 5. The van der Waals surface area contributed by atoms with Gasteiger partial charge in [0.05, 0.1) is 0 Å². The topological polar surface area (TPSA) is 27.5 Å². The van der Waals surface area contributed by atoms with Crippen molar-refractivity contribution in [3.8, 4) is 5.69 Å². The average molecular weight is 692 g/mol. The van der Waals surface area contributed by atoms with Gasteiger partial charge in [0.1, 0.15) is 5.82 Å². The quantitative estimate of drug-likeness (QED) is 0.208. The maximum absolute atomic E-state index is 4.23. The molecular weight excluding hydrogens is 623 g/mol. The molecule has 2 aliphatic rings. The number of likely N-dealkylation sites (tertiary alicyclic amines) is 1. The minimum Gasteiger partial charge on any atom is -0.369 e. The molecule has 0 aliphatic carbocycles. The van der Waals surface area contributed by atoms with E-state index in [4.69, 9.17) is 0 Å². The number of hydrogen-bond acceptors (Lipinski definition) is 4. The third-order valence-corrected chi connectivity index (χ3v) is 10.0. The normalized spacial score (nSPS) is 16.2. The highest BCUT2D eigenvalue weighted by atomic mass is 15.2. The Morgan fingerprint density at radius 2 is 1.27 bits per heavy atom. The molecule has 0 amide bonds. The Kier molecular flexibility index (Phi) is 14.2. The fourth-order valence-corrected chi connectivity index (χ4v) is 6.87. The average Bonchev–Trinajstić information content (AvgIpc) is 3.51. The number of para-hydroxylation sites is 1. The number of imidazole rings is 1. The van der Waals surface area contributed by atoms with Crippen molar-refractivity contribution in [2.75, 3.05) is 51.2 Å². The molecule has 0 N–H and O–H groups in total. The molecule has 5 heteroatoms. The van der Waals surface area contributed by atoms with Crippen molar-refractivity contribution in [2.45, 2.75) is 112 Å². The smallest absolute Gasteiger partial charge is 0.110 e. The Balaban J connectivity index is 0.000000172. The maximum Gasteiger partial charge on any atom is 0.110 e. The highest BCUT2D eigenvalue weighted by Crippen LogP contribution is 2.29. The zero-order chi connectivity index (χ0) is 37.2. The molecule has 0 saturated carbocycles. The van der Waals surface area contributed by atoms with E-state index in [0.29, 0.717) is 5.41 Å². The zero-order valence-electron chi connectivity index (χ0n) is 34.1. The number of likely N-dealkylation sites (N-methyl/N-ethyl adjacent to an activating group) is 1. The van der Waals surface area contributed by atoms with Gasteiger partial charge in [-0.15, -0.1) is 0 Å². The monoisotopic (exact) mass is 692 g/mol. The first-order chi connectivity index (χ1) is 24.0. The van der Waals surface area contributed by atoms with Gasteiger partial charge in [0.25, 0.3) is 0 Å². The van der Waals surface area contributed by atoms with E-state index in [1.165, 1.54) is 79.1 Å². The lowest BCUT2D eigenvalue weighted by Crippen LogP contribution is -2.44. The van der Waals surface area contributed by atoms with E-state index in [1.54, 1.807) is 0 Å². The summed E-state index contributed by atoms with van der Waals surface area (Å²) in [7, 11) is 2.21. The summed E-state index contributed by atoms with van der Waals surface area (Å²) in [6, 6.07) is 26.7. The highest BCUT2D eigenvalue weighted by molar-refractivity contribution is 5.54. The van der Waals surface area contributed by atoms with E-state index in [1.807, 2.05) is 19.3 Å². The minimum atomic E-state index is 0.211. The van der Waals surface area contributed by atoms with Crippen LogP contribution in [0.1, 0.15) is 110 Å². The Morgan fingerprint density at radius 1 is 0.647 bits per heavy atom. The van der Waals surface area contributed by atoms with Gasteiger partial charge in [0.2, 0.25) is 0 Å². The van der Waals surface area contributed by atoms with Crippen molar-refractivity contribution in [1.82, 2.24) is 19.4 Å². The Bertz CT molecular complexity index is 1600. The van der Waals surface area contributed by atoms with E-state index in [2.05, 4.69) is 166 Å². The second-order valence-electron chi connectivity index (χ2n) is 18.1. The summed E-state index contributed by atoms with van der Waals surface area (Å²) >= 11 is 0. The zero-order valence-corrected chi connectivity index (χ0v) is 34.1. The first kappa shape index (κ1) is 40.4. The van der Waals surface area contributed by atoms with Gasteiger partial charge in [0, 0.05) is 56.5 Å². The lowest BCUT2D eigenvalue weighted by Gasteiger charge is -2.36. The van der Waals surface area contributed by atoms with E-state index >= 15 is 0 Å². The predicted molar refractivity (Wildman–Crippen MR) is 221 cm³/mol. The van der Waals surface area contributed by atoms with Gasteiger partial charge >= 0.3 is 0 Å². The van der Waals surface area contributed by atoms with E-state index in [9.17, 15) is 0 Å². The third-order valence-electron chi connectivity index (χ3n) is 10.0. The van der Waals surface area contributed by atoms with Gasteiger partial charge in [-0.1, -0.05) is 123 Å². The molecule has 278 valence electrons. The number of benzene rings is 3. The first-order valence-electron chi connectivity index (χ1n) is 19.4. The van der Waals surface area contributed by atoms with Gasteiger partial charge < -0.3 is 14.4 Å². The van der Waals surface area contributed by atoms with Crippen molar-refractivity contribution in [3.05, 3.63) is 113 Å². The predicted octanol–water partition coefficient (Wildman–Crippen LogP) is 10.5. The second kappa shape index (κ2) is 17.9. The van der Waals surface area contributed by atoms with Crippen LogP contribution in [-0.2, 0) is 23.8 Å². The molecule has 2 saturated heterocycles. The molecule has 2 aliphatic heterocycles. The summed E-state index contributed by atoms with van der Waals surface area (Å²) < 4.78 is 2.09. The van der Waals surface area contributed by atoms with Crippen molar-refractivity contribution < 1.29 is 0 Å². The summed E-state index contributed by atoms with van der Waals surface area (Å²) in [5.74, 6) is 1.02. The fraction of sp³-hybridized carbons (Fsp3) is 0.543. The molecule has 0 bridgehead atoms. The molecule has 3 heterocycles. The van der Waals surface area contributed by atoms with E-state index in [-0.39, 0.29) is 10.8 Å². The van der Waals surface area contributed by atoms with E-state index in [0.717, 1.165) is 31.9 Å². The standard InChI is InChI=1S/C16H26N2.C16H25N.C14H18N2/c1-16(2,3)13-14-7-5-6-8-15(14)18-11-9-17(4)10-12-18;1-16(2,3)15-9-7-8-14(12-15)13-17-10-5-4-6-11-17;1-11-15-9-10-16(11)13-7-5-12(6-8-13)14(2,3)4/h5-8H,9-13H2,1-4H3;7-9,12H,4-6,10-11,13H2,1-3H3;5-10H,1-4H3. The summed E-state index contributed by atoms with van der Waals surface area (Å²) in [6.07, 6.45) is 9.13. The number of piperidine rings is 1. The van der Waals surface area contributed by atoms with Crippen LogP contribution in [0.5, 0.6) is 0 Å². The number of hydrogen-bond donors (Lipinski definition) is 0. The fourth-order valence-electron chi connectivity index (χ4n) is 6.87. The summed E-state index contributed by atoms with van der Waals surface area (Å²) in [6.45, 7) is 30.8. The van der Waals surface area contributed by atoms with Crippen LogP contribution in [0, 0.1) is 12.3 Å². The molecule has 51 heavy (non-hydrogen) atoms. The molecule has 4 aromatic rings. The molecule has 5 nitrogen and oxygen atoms in total. The number of rotatable bonds is 5. The second-order valence-corrected chi connectivity index (χ2v) is 18.1. The lowest BCUT2D eigenvalue weighted by molar-refractivity contribution is 0.221. The Morgan fingerprint density at radius 3 is 1.84 bits per heavy atom. The largest absolute Gasteiger partial charge is 0.369 e. The summed E-state index contributed by atoms with van der Waals surface area (Å²) in [5.41, 5.74) is 9.21. The van der Waals surface area contributed by atoms with Crippen molar-refractivity contribution in [1.29, 1.82) is 0 Å². The van der Waals surface area contributed by atoms with Crippen LogP contribution < -0.4 is 4.90 Å². The number of aryl methyl sites for hydroxylation is 1. The molecule has 0 spiro atoms. The van der Waals surface area contributed by atoms with Crippen LogP contribution in [0.2, 0.25) is 0 Å². The summed E-state index contributed by atoms with van der Waals surface area (Å²) in [4.78, 5) is 11.8. The van der Waals surface area contributed by atoms with Crippen LogP contribution in [0.3, 0.4) is 0 Å². The molecule has 2 fully saturated rings. The van der Waals surface area contributed by atoms with Crippen LogP contribution >= 0.6 is 0 Å². The lowest BCUT2D eigenvalue weighted by atomic mass is 9.86. The molecule has 0 radical (unpaired) electrons. The van der Waals surface area contributed by atoms with Gasteiger partial charge in [-0.25, -0.2) is 4.98 Å². The third kappa shape index (κ3) is 12.9. The molecule has 1 aromatic heterocycles. The molecule has 0 unspecified atom stereocenters. The summed E-state index contributed by atoms with van der Waals surface area (Å²) in [5, 5.41) is 0. The van der Waals surface area contributed by atoms with E-state index < -0.39 is 0 Å². The minimum absolute atomic E-state index is 0.211. The van der Waals surface area contributed by atoms with Crippen LogP contribution in [-0.4, -0.2) is 65.7 Å². The number of aromatic nitrogens is 2. The van der Waals surface area contributed by atoms with Gasteiger partial charge in [-0.2, -0.15) is 0 Å². The highest BCUT2D eigenvalue weighted by Gasteiger charge is 2.20. The Hall–Kier alpha value is -3.41. The number of piperazine rings is 1. The van der Waals surface area contributed by atoms with Crippen molar-refractivity contribution >= 4 is 5.69 Å². The molecule has 3 aromatic carbocycles. The van der Waals surface area contributed by atoms with Crippen molar-refractivity contribution in [2.24, 2.45) is 5.41 Å².